The third kappa shape index (κ3) is 3.14. The van der Waals surface area contributed by atoms with Gasteiger partial charge in [0.1, 0.15) is 0 Å². The van der Waals surface area contributed by atoms with Crippen molar-refractivity contribution in [3.8, 4) is 0 Å². The van der Waals surface area contributed by atoms with E-state index in [4.69, 9.17) is 17.3 Å². The molecule has 0 aliphatic heterocycles. The Labute approximate surface area is 121 Å². The molecule has 0 amide bonds. The number of benzene rings is 2. The Morgan fingerprint density at radius 3 is 2.56 bits per heavy atom. The van der Waals surface area contributed by atoms with Crippen LogP contribution in [0.2, 0.25) is 5.02 Å². The summed E-state index contributed by atoms with van der Waals surface area (Å²) in [6.45, 7) is 2.01. The molecule has 1 unspecified atom stereocenters. The molecule has 1 nitrogen and oxygen atoms in total. The summed E-state index contributed by atoms with van der Waals surface area (Å²) in [5.41, 5.74) is 8.12. The minimum atomic E-state index is -0.473. The lowest BCUT2D eigenvalue weighted by Crippen LogP contribution is -2.35. The molecule has 3 heteroatoms. The fourth-order valence-electron chi connectivity index (χ4n) is 2.09. The summed E-state index contributed by atoms with van der Waals surface area (Å²) in [4.78, 5) is 0. The lowest BCUT2D eigenvalue weighted by molar-refractivity contribution is 0.491. The number of hydrogen-bond acceptors (Lipinski definition) is 1. The molecule has 2 aromatic carbocycles. The van der Waals surface area contributed by atoms with Gasteiger partial charge in [-0.1, -0.05) is 57.9 Å². The van der Waals surface area contributed by atoms with Crippen molar-refractivity contribution in [2.24, 2.45) is 5.73 Å². The largest absolute Gasteiger partial charge is 0.321 e. The van der Waals surface area contributed by atoms with Crippen LogP contribution in [0, 0.1) is 0 Å². The van der Waals surface area contributed by atoms with Gasteiger partial charge in [0.05, 0.1) is 0 Å². The van der Waals surface area contributed by atoms with Crippen LogP contribution in [-0.4, -0.2) is 0 Å². The summed E-state index contributed by atoms with van der Waals surface area (Å²) in [5, 5.41) is 0.720. The highest BCUT2D eigenvalue weighted by Gasteiger charge is 2.24. The third-order valence-electron chi connectivity index (χ3n) is 2.95. The van der Waals surface area contributed by atoms with Crippen molar-refractivity contribution in [3.05, 3.63) is 69.2 Å². The average molecular weight is 325 g/mol. The van der Waals surface area contributed by atoms with Gasteiger partial charge in [-0.15, -0.1) is 0 Å². The Kier molecular flexibility index (Phi) is 4.10. The van der Waals surface area contributed by atoms with Gasteiger partial charge in [0, 0.05) is 15.0 Å². The molecule has 0 aliphatic rings. The molecule has 2 N–H and O–H groups in total. The van der Waals surface area contributed by atoms with Crippen LogP contribution in [0.1, 0.15) is 18.1 Å². The molecule has 0 saturated heterocycles. The topological polar surface area (TPSA) is 26.0 Å². The molecule has 94 valence electrons. The van der Waals surface area contributed by atoms with E-state index in [1.165, 1.54) is 5.56 Å². The minimum Gasteiger partial charge on any atom is -0.321 e. The number of halogens is 2. The monoisotopic (exact) mass is 323 g/mol. The SMILES string of the molecule is CC(N)(Cc1cccc(Br)c1)c1ccccc1Cl. The fraction of sp³-hybridized carbons (Fsp3) is 0.200. The summed E-state index contributed by atoms with van der Waals surface area (Å²) >= 11 is 9.69. The van der Waals surface area contributed by atoms with Crippen LogP contribution in [-0.2, 0) is 12.0 Å². The maximum absolute atomic E-state index is 6.42. The summed E-state index contributed by atoms with van der Waals surface area (Å²) in [6, 6.07) is 15.9. The van der Waals surface area contributed by atoms with Gasteiger partial charge in [0.2, 0.25) is 0 Å². The van der Waals surface area contributed by atoms with E-state index in [1.807, 2.05) is 43.3 Å². The summed E-state index contributed by atoms with van der Waals surface area (Å²) in [6.07, 6.45) is 0.746. The highest BCUT2D eigenvalue weighted by molar-refractivity contribution is 9.10. The number of rotatable bonds is 3. The number of hydrogen-bond donors (Lipinski definition) is 1. The van der Waals surface area contributed by atoms with Gasteiger partial charge >= 0.3 is 0 Å². The normalized spacial score (nSPS) is 14.2. The van der Waals surface area contributed by atoms with Crippen LogP contribution in [0.4, 0.5) is 0 Å². The Bertz CT molecular complexity index is 552. The minimum absolute atomic E-state index is 0.473. The fourth-order valence-corrected chi connectivity index (χ4v) is 2.89. The van der Waals surface area contributed by atoms with Crippen LogP contribution in [0.3, 0.4) is 0 Å². The molecule has 0 spiro atoms. The summed E-state index contributed by atoms with van der Waals surface area (Å²) in [7, 11) is 0. The van der Waals surface area contributed by atoms with E-state index < -0.39 is 5.54 Å². The first-order valence-corrected chi connectivity index (χ1v) is 6.94. The standard InChI is InChI=1S/C15H15BrClN/c1-15(18,13-7-2-3-8-14(13)17)10-11-5-4-6-12(16)9-11/h2-9H,10,18H2,1H3. The van der Waals surface area contributed by atoms with E-state index in [-0.39, 0.29) is 0 Å². The van der Waals surface area contributed by atoms with E-state index in [1.54, 1.807) is 0 Å². The quantitative estimate of drug-likeness (QED) is 0.882. The van der Waals surface area contributed by atoms with Gasteiger partial charge in [-0.2, -0.15) is 0 Å². The zero-order chi connectivity index (χ0) is 13.2. The molecule has 0 heterocycles. The van der Waals surface area contributed by atoms with E-state index in [0.29, 0.717) is 0 Å². The van der Waals surface area contributed by atoms with Crippen molar-refractivity contribution >= 4 is 27.5 Å². The van der Waals surface area contributed by atoms with Crippen molar-refractivity contribution in [1.29, 1.82) is 0 Å². The predicted octanol–water partition coefficient (Wildman–Crippen LogP) is 4.52. The van der Waals surface area contributed by atoms with Gasteiger partial charge in [-0.05, 0) is 42.7 Å². The lowest BCUT2D eigenvalue weighted by Gasteiger charge is -2.26. The first-order valence-electron chi connectivity index (χ1n) is 5.77. The van der Waals surface area contributed by atoms with Crippen molar-refractivity contribution < 1.29 is 0 Å². The van der Waals surface area contributed by atoms with Crippen LogP contribution in [0.5, 0.6) is 0 Å². The first kappa shape index (κ1) is 13.6. The van der Waals surface area contributed by atoms with Crippen molar-refractivity contribution in [3.63, 3.8) is 0 Å². The second kappa shape index (κ2) is 5.43. The van der Waals surface area contributed by atoms with E-state index >= 15 is 0 Å². The Balaban J connectivity index is 2.30. The molecule has 0 aromatic heterocycles. The van der Waals surface area contributed by atoms with Crippen molar-refractivity contribution in [1.82, 2.24) is 0 Å². The highest BCUT2D eigenvalue weighted by Crippen LogP contribution is 2.29. The maximum Gasteiger partial charge on any atom is 0.0456 e. The van der Waals surface area contributed by atoms with Gasteiger partial charge in [0.15, 0.2) is 0 Å². The molecular weight excluding hydrogens is 310 g/mol. The lowest BCUT2D eigenvalue weighted by atomic mass is 9.86. The molecule has 0 bridgehead atoms. The van der Waals surface area contributed by atoms with Gasteiger partial charge in [0.25, 0.3) is 0 Å². The molecule has 1 atom stereocenters. The average Bonchev–Trinajstić information content (AvgIpc) is 2.28. The van der Waals surface area contributed by atoms with E-state index in [0.717, 1.165) is 21.5 Å². The molecular formula is C15H15BrClN. The van der Waals surface area contributed by atoms with E-state index in [2.05, 4.69) is 28.1 Å². The highest BCUT2D eigenvalue weighted by atomic mass is 79.9. The molecule has 0 radical (unpaired) electrons. The van der Waals surface area contributed by atoms with Crippen molar-refractivity contribution in [2.45, 2.75) is 18.9 Å². The molecule has 0 saturated carbocycles. The predicted molar refractivity (Wildman–Crippen MR) is 80.8 cm³/mol. The number of nitrogens with two attached hydrogens (primary N) is 1. The van der Waals surface area contributed by atoms with Crippen LogP contribution in [0.15, 0.2) is 53.0 Å². The van der Waals surface area contributed by atoms with Crippen molar-refractivity contribution in [2.75, 3.05) is 0 Å². The summed E-state index contributed by atoms with van der Waals surface area (Å²) < 4.78 is 1.06. The molecule has 0 fully saturated rings. The Morgan fingerprint density at radius 1 is 1.17 bits per heavy atom. The Morgan fingerprint density at radius 2 is 1.89 bits per heavy atom. The summed E-state index contributed by atoms with van der Waals surface area (Å²) in [5.74, 6) is 0. The molecule has 0 aliphatic carbocycles. The Hall–Kier alpha value is -0.830. The zero-order valence-electron chi connectivity index (χ0n) is 10.2. The van der Waals surface area contributed by atoms with Crippen LogP contribution < -0.4 is 5.73 Å². The van der Waals surface area contributed by atoms with Gasteiger partial charge in [-0.25, -0.2) is 0 Å². The second-order valence-corrected chi connectivity index (χ2v) is 6.03. The zero-order valence-corrected chi connectivity index (χ0v) is 12.5. The third-order valence-corrected chi connectivity index (χ3v) is 3.77. The first-order chi connectivity index (χ1) is 8.49. The smallest absolute Gasteiger partial charge is 0.0456 e. The van der Waals surface area contributed by atoms with E-state index in [9.17, 15) is 0 Å². The van der Waals surface area contributed by atoms with Crippen LogP contribution >= 0.6 is 27.5 Å². The van der Waals surface area contributed by atoms with Gasteiger partial charge in [-0.3, -0.25) is 0 Å². The van der Waals surface area contributed by atoms with Crippen LogP contribution in [0.25, 0.3) is 0 Å². The second-order valence-electron chi connectivity index (χ2n) is 4.70. The molecule has 2 aromatic rings. The molecule has 2 rings (SSSR count). The van der Waals surface area contributed by atoms with Gasteiger partial charge < -0.3 is 5.73 Å². The maximum atomic E-state index is 6.42. The molecule has 18 heavy (non-hydrogen) atoms.